The number of unbranched alkanes of at least 4 members (excludes halogenated alkanes) is 4. The van der Waals surface area contributed by atoms with E-state index in [0.29, 0.717) is 0 Å². The van der Waals surface area contributed by atoms with Crippen molar-refractivity contribution in [1.29, 1.82) is 0 Å². The Balaban J connectivity index is 4.29. The van der Waals surface area contributed by atoms with E-state index in [2.05, 4.69) is 45.0 Å². The molecule has 0 saturated heterocycles. The highest BCUT2D eigenvalue weighted by molar-refractivity contribution is 6.83. The molecular formula is C17H34OSi. The van der Waals surface area contributed by atoms with Gasteiger partial charge in [0.2, 0.25) is 0 Å². The van der Waals surface area contributed by atoms with Crippen molar-refractivity contribution < 1.29 is 5.11 Å². The molecule has 112 valence electrons. The Labute approximate surface area is 122 Å². The first kappa shape index (κ1) is 18.7. The van der Waals surface area contributed by atoms with Gasteiger partial charge in [-0.05, 0) is 12.8 Å². The minimum absolute atomic E-state index is 0.202. The van der Waals surface area contributed by atoms with Gasteiger partial charge < -0.3 is 5.11 Å². The fourth-order valence-electron chi connectivity index (χ4n) is 2.13. The lowest BCUT2D eigenvalue weighted by Crippen LogP contribution is -2.22. The summed E-state index contributed by atoms with van der Waals surface area (Å²) in [6, 6.07) is 0. The zero-order valence-electron chi connectivity index (χ0n) is 13.8. The van der Waals surface area contributed by atoms with E-state index < -0.39 is 8.07 Å². The van der Waals surface area contributed by atoms with Gasteiger partial charge in [0.1, 0.15) is 8.07 Å². The highest BCUT2D eigenvalue weighted by atomic mass is 28.3. The van der Waals surface area contributed by atoms with Crippen LogP contribution in [0.1, 0.15) is 65.2 Å². The average molecular weight is 283 g/mol. The Hall–Kier alpha value is -0.263. The molecule has 0 bridgehead atoms. The van der Waals surface area contributed by atoms with Crippen molar-refractivity contribution in [3.05, 3.63) is 0 Å². The molecule has 19 heavy (non-hydrogen) atoms. The first-order valence-electron chi connectivity index (χ1n) is 8.11. The van der Waals surface area contributed by atoms with Crippen molar-refractivity contribution in [2.75, 3.05) is 0 Å². The fourth-order valence-corrected chi connectivity index (χ4v) is 2.75. The molecule has 0 aromatic heterocycles. The Morgan fingerprint density at radius 3 is 2.05 bits per heavy atom. The number of aliphatic hydroxyl groups excluding tert-OH is 1. The van der Waals surface area contributed by atoms with Crippen LogP contribution in [0, 0.1) is 17.4 Å². The van der Waals surface area contributed by atoms with Crippen molar-refractivity contribution in [2.45, 2.75) is 91.0 Å². The number of rotatable bonds is 9. The van der Waals surface area contributed by atoms with Crippen LogP contribution in [-0.2, 0) is 0 Å². The topological polar surface area (TPSA) is 20.2 Å². The summed E-state index contributed by atoms with van der Waals surface area (Å²) in [4.78, 5) is 0. The third kappa shape index (κ3) is 11.3. The first-order chi connectivity index (χ1) is 8.90. The van der Waals surface area contributed by atoms with E-state index in [1.807, 2.05) is 0 Å². The second-order valence-corrected chi connectivity index (χ2v) is 11.4. The molecule has 0 aliphatic rings. The zero-order chi connectivity index (χ0) is 14.7. The second-order valence-electron chi connectivity index (χ2n) is 6.68. The van der Waals surface area contributed by atoms with Gasteiger partial charge in [-0.15, -0.1) is 11.5 Å². The van der Waals surface area contributed by atoms with Crippen LogP contribution in [0.3, 0.4) is 0 Å². The fraction of sp³-hybridized carbons (Fsp3) is 0.882. The standard InChI is InChI=1S/C17H34OSi/c1-6-8-9-10-11-13-16(17(18)12-7-2)14-15-19(3,4)5/h16-18H,6-13H2,1-5H3/t16-,17+/m1/s1. The van der Waals surface area contributed by atoms with E-state index in [1.165, 1.54) is 32.1 Å². The Bertz CT molecular complexity index is 269. The second kappa shape index (κ2) is 10.5. The zero-order valence-corrected chi connectivity index (χ0v) is 14.8. The minimum Gasteiger partial charge on any atom is -0.392 e. The van der Waals surface area contributed by atoms with Gasteiger partial charge in [0.15, 0.2) is 0 Å². The maximum Gasteiger partial charge on any atom is 0.129 e. The van der Waals surface area contributed by atoms with Crippen LogP contribution in [0.2, 0.25) is 19.6 Å². The Morgan fingerprint density at radius 2 is 1.53 bits per heavy atom. The summed E-state index contributed by atoms with van der Waals surface area (Å²) in [5.41, 5.74) is 3.44. The Kier molecular flexibility index (Phi) is 10.4. The molecule has 0 aliphatic heterocycles. The van der Waals surface area contributed by atoms with E-state index in [-0.39, 0.29) is 12.0 Å². The van der Waals surface area contributed by atoms with Gasteiger partial charge in [-0.2, -0.15) is 0 Å². The molecule has 0 heterocycles. The maximum absolute atomic E-state index is 10.2. The third-order valence-corrected chi connectivity index (χ3v) is 4.19. The largest absolute Gasteiger partial charge is 0.392 e. The molecule has 0 fully saturated rings. The van der Waals surface area contributed by atoms with Gasteiger partial charge in [0.25, 0.3) is 0 Å². The molecule has 0 aromatic rings. The molecule has 0 radical (unpaired) electrons. The van der Waals surface area contributed by atoms with E-state index in [9.17, 15) is 5.11 Å². The van der Waals surface area contributed by atoms with Gasteiger partial charge in [-0.3, -0.25) is 0 Å². The molecule has 0 spiro atoms. The minimum atomic E-state index is -1.32. The molecule has 0 unspecified atom stereocenters. The average Bonchev–Trinajstić information content (AvgIpc) is 2.31. The van der Waals surface area contributed by atoms with Crippen molar-refractivity contribution in [1.82, 2.24) is 0 Å². The number of hydrogen-bond acceptors (Lipinski definition) is 1. The monoisotopic (exact) mass is 282 g/mol. The molecule has 2 atom stereocenters. The molecule has 0 amide bonds. The smallest absolute Gasteiger partial charge is 0.129 e. The summed E-state index contributed by atoms with van der Waals surface area (Å²) in [5, 5.41) is 10.2. The van der Waals surface area contributed by atoms with Crippen molar-refractivity contribution in [3.8, 4) is 11.5 Å². The molecular weight excluding hydrogens is 248 g/mol. The van der Waals surface area contributed by atoms with E-state index in [1.54, 1.807) is 0 Å². The molecule has 0 aromatic carbocycles. The molecule has 1 nitrogen and oxygen atoms in total. The predicted molar refractivity (Wildman–Crippen MR) is 88.9 cm³/mol. The summed E-state index contributed by atoms with van der Waals surface area (Å²) < 4.78 is 0. The van der Waals surface area contributed by atoms with Gasteiger partial charge in [-0.1, -0.05) is 72.0 Å². The van der Waals surface area contributed by atoms with Crippen LogP contribution in [0.25, 0.3) is 0 Å². The summed E-state index contributed by atoms with van der Waals surface area (Å²) in [5.74, 6) is 3.60. The van der Waals surface area contributed by atoms with Gasteiger partial charge in [-0.25, -0.2) is 0 Å². The van der Waals surface area contributed by atoms with Crippen molar-refractivity contribution in [2.24, 2.45) is 5.92 Å². The van der Waals surface area contributed by atoms with Crippen LogP contribution in [0.4, 0.5) is 0 Å². The normalized spacial score (nSPS) is 14.6. The summed E-state index contributed by atoms with van der Waals surface area (Å²) >= 11 is 0. The first-order valence-corrected chi connectivity index (χ1v) is 11.6. The summed E-state index contributed by atoms with van der Waals surface area (Å²) in [7, 11) is -1.32. The number of hydrogen-bond donors (Lipinski definition) is 1. The quantitative estimate of drug-likeness (QED) is 0.358. The summed E-state index contributed by atoms with van der Waals surface area (Å²) in [6.07, 6.45) is 9.24. The van der Waals surface area contributed by atoms with E-state index in [0.717, 1.165) is 19.3 Å². The molecule has 1 N–H and O–H groups in total. The predicted octanol–water partition coefficient (Wildman–Crippen LogP) is 5.00. The Morgan fingerprint density at radius 1 is 0.895 bits per heavy atom. The number of aliphatic hydroxyl groups is 1. The lowest BCUT2D eigenvalue weighted by molar-refractivity contribution is 0.118. The molecule has 0 rings (SSSR count). The van der Waals surface area contributed by atoms with Crippen LogP contribution >= 0.6 is 0 Å². The lowest BCUT2D eigenvalue weighted by atomic mass is 9.93. The molecule has 0 aliphatic carbocycles. The van der Waals surface area contributed by atoms with Crippen LogP contribution in [0.15, 0.2) is 0 Å². The molecule has 2 heteroatoms. The van der Waals surface area contributed by atoms with E-state index >= 15 is 0 Å². The lowest BCUT2D eigenvalue weighted by Gasteiger charge is -2.18. The highest BCUT2D eigenvalue weighted by Gasteiger charge is 2.17. The highest BCUT2D eigenvalue weighted by Crippen LogP contribution is 2.18. The van der Waals surface area contributed by atoms with Crippen LogP contribution in [-0.4, -0.2) is 19.3 Å². The van der Waals surface area contributed by atoms with Crippen molar-refractivity contribution in [3.63, 3.8) is 0 Å². The van der Waals surface area contributed by atoms with Gasteiger partial charge >= 0.3 is 0 Å². The maximum atomic E-state index is 10.2. The summed E-state index contributed by atoms with van der Waals surface area (Å²) in [6.45, 7) is 11.2. The van der Waals surface area contributed by atoms with Gasteiger partial charge in [0.05, 0.1) is 6.10 Å². The molecule has 0 saturated carbocycles. The van der Waals surface area contributed by atoms with Crippen molar-refractivity contribution >= 4 is 8.07 Å². The van der Waals surface area contributed by atoms with Crippen LogP contribution in [0.5, 0.6) is 0 Å². The third-order valence-electron chi connectivity index (χ3n) is 3.30. The van der Waals surface area contributed by atoms with E-state index in [4.69, 9.17) is 0 Å². The van der Waals surface area contributed by atoms with Gasteiger partial charge in [0, 0.05) is 5.92 Å². The SMILES string of the molecule is CCCCCCC[C@H](C#C[Si](C)(C)C)[C@@H](O)CCC. The van der Waals surface area contributed by atoms with Crippen LogP contribution < -0.4 is 0 Å².